The second kappa shape index (κ2) is 7.92. The Morgan fingerprint density at radius 3 is 2.50 bits per heavy atom. The Hall–Kier alpha value is -0.650. The molecular formula is C29H46O5. The molecule has 4 saturated carbocycles. The highest BCUT2D eigenvalue weighted by Gasteiger charge is 2.69. The molecule has 34 heavy (non-hydrogen) atoms. The average molecular weight is 475 g/mol. The molecule has 2 aliphatic heterocycles. The average Bonchev–Trinajstić information content (AvgIpc) is 3.21. The highest BCUT2D eigenvalue weighted by molar-refractivity contribution is 5.66. The molecule has 2 heterocycles. The van der Waals surface area contributed by atoms with E-state index in [0.29, 0.717) is 47.0 Å². The molecule has 0 aromatic rings. The lowest BCUT2D eigenvalue weighted by molar-refractivity contribution is -0.273. The minimum atomic E-state index is -0.512. The van der Waals surface area contributed by atoms with Gasteiger partial charge in [0.05, 0.1) is 18.8 Å². The van der Waals surface area contributed by atoms with Crippen LogP contribution >= 0.6 is 0 Å². The van der Waals surface area contributed by atoms with Gasteiger partial charge in [0.2, 0.25) is 0 Å². The number of esters is 1. The fraction of sp³-hybridized carbons (Fsp3) is 0.966. The molecule has 0 aromatic carbocycles. The fourth-order valence-electron chi connectivity index (χ4n) is 10.6. The van der Waals surface area contributed by atoms with Crippen molar-refractivity contribution in [2.45, 2.75) is 117 Å². The van der Waals surface area contributed by atoms with Gasteiger partial charge in [-0.15, -0.1) is 0 Å². The number of aliphatic hydroxyl groups excluding tert-OH is 1. The maximum Gasteiger partial charge on any atom is 0.302 e. The number of carbonyl (C=O) groups is 1. The number of hydrogen-bond acceptors (Lipinski definition) is 5. The Bertz CT molecular complexity index is 819. The summed E-state index contributed by atoms with van der Waals surface area (Å²) in [4.78, 5) is 11.7. The summed E-state index contributed by atoms with van der Waals surface area (Å²) in [5, 5.41) is 10.7. The van der Waals surface area contributed by atoms with Crippen LogP contribution in [0.5, 0.6) is 0 Å². The lowest BCUT2D eigenvalue weighted by Gasteiger charge is -2.62. The molecule has 0 bridgehead atoms. The van der Waals surface area contributed by atoms with Crippen molar-refractivity contribution < 1.29 is 24.1 Å². The molecule has 0 radical (unpaired) electrons. The second-order valence-corrected chi connectivity index (χ2v) is 13.8. The van der Waals surface area contributed by atoms with E-state index in [1.807, 2.05) is 0 Å². The Morgan fingerprint density at radius 1 is 1.00 bits per heavy atom. The van der Waals surface area contributed by atoms with Crippen LogP contribution in [-0.2, 0) is 19.0 Å². The number of fused-ring (bicyclic) bond motifs is 7. The third-order valence-corrected chi connectivity index (χ3v) is 12.2. The molecule has 192 valence electrons. The van der Waals surface area contributed by atoms with E-state index in [0.717, 1.165) is 31.8 Å². The van der Waals surface area contributed by atoms with E-state index >= 15 is 0 Å². The van der Waals surface area contributed by atoms with Gasteiger partial charge in [0.15, 0.2) is 5.79 Å². The number of ether oxygens (including phenoxy) is 3. The smallest absolute Gasteiger partial charge is 0.302 e. The van der Waals surface area contributed by atoms with Crippen molar-refractivity contribution in [2.75, 3.05) is 6.61 Å². The molecule has 1 N–H and O–H groups in total. The lowest BCUT2D eigenvalue weighted by atomic mass is 9.44. The molecule has 2 saturated heterocycles. The summed E-state index contributed by atoms with van der Waals surface area (Å²) in [6.07, 6.45) is 9.53. The van der Waals surface area contributed by atoms with E-state index < -0.39 is 6.10 Å². The van der Waals surface area contributed by atoms with Gasteiger partial charge >= 0.3 is 5.97 Å². The van der Waals surface area contributed by atoms with Crippen LogP contribution in [0.4, 0.5) is 0 Å². The number of hydrogen-bond donors (Lipinski definition) is 1. The van der Waals surface area contributed by atoms with Crippen LogP contribution in [0.25, 0.3) is 0 Å². The maximum atomic E-state index is 11.7. The van der Waals surface area contributed by atoms with Crippen molar-refractivity contribution in [2.24, 2.45) is 52.3 Å². The lowest BCUT2D eigenvalue weighted by Crippen LogP contribution is -2.57. The van der Waals surface area contributed by atoms with Gasteiger partial charge < -0.3 is 19.3 Å². The Kier molecular flexibility index (Phi) is 5.53. The van der Waals surface area contributed by atoms with Crippen molar-refractivity contribution in [3.63, 3.8) is 0 Å². The quantitative estimate of drug-likeness (QED) is 0.520. The van der Waals surface area contributed by atoms with Crippen molar-refractivity contribution in [1.82, 2.24) is 0 Å². The van der Waals surface area contributed by atoms with Crippen LogP contribution in [-0.4, -0.2) is 41.8 Å². The van der Waals surface area contributed by atoms with Gasteiger partial charge in [-0.25, -0.2) is 0 Å². The van der Waals surface area contributed by atoms with Crippen molar-refractivity contribution in [1.29, 1.82) is 0 Å². The molecule has 0 aromatic heterocycles. The van der Waals surface area contributed by atoms with Crippen molar-refractivity contribution in [3.8, 4) is 0 Å². The minimum Gasteiger partial charge on any atom is -0.460 e. The second-order valence-electron chi connectivity index (χ2n) is 13.8. The highest BCUT2D eigenvalue weighted by Crippen LogP contribution is 2.71. The Balaban J connectivity index is 1.24. The first-order chi connectivity index (χ1) is 16.1. The molecule has 6 rings (SSSR count). The first-order valence-electron chi connectivity index (χ1n) is 14.2. The number of aliphatic hydroxyl groups is 1. The van der Waals surface area contributed by atoms with Crippen LogP contribution in [0.1, 0.15) is 92.4 Å². The summed E-state index contributed by atoms with van der Waals surface area (Å²) < 4.78 is 19.0. The van der Waals surface area contributed by atoms with Crippen molar-refractivity contribution >= 4 is 5.97 Å². The highest BCUT2D eigenvalue weighted by atomic mass is 16.7. The summed E-state index contributed by atoms with van der Waals surface area (Å²) in [5.41, 5.74) is 0.478. The van der Waals surface area contributed by atoms with Gasteiger partial charge in [-0.05, 0) is 97.7 Å². The first-order valence-corrected chi connectivity index (χ1v) is 14.2. The molecule has 5 nitrogen and oxygen atoms in total. The van der Waals surface area contributed by atoms with Crippen LogP contribution in [0, 0.1) is 52.3 Å². The predicted molar refractivity (Wildman–Crippen MR) is 129 cm³/mol. The third kappa shape index (κ3) is 3.24. The number of rotatable bonds is 1. The topological polar surface area (TPSA) is 65.0 Å². The van der Waals surface area contributed by atoms with E-state index in [2.05, 4.69) is 27.7 Å². The zero-order valence-electron chi connectivity index (χ0n) is 21.9. The largest absolute Gasteiger partial charge is 0.460 e. The van der Waals surface area contributed by atoms with Gasteiger partial charge in [-0.2, -0.15) is 0 Å². The minimum absolute atomic E-state index is 0.150. The molecule has 3 unspecified atom stereocenters. The van der Waals surface area contributed by atoms with Gasteiger partial charge in [0.25, 0.3) is 0 Å². The summed E-state index contributed by atoms with van der Waals surface area (Å²) >= 11 is 0. The molecule has 4 aliphatic carbocycles. The zero-order valence-corrected chi connectivity index (χ0v) is 21.9. The van der Waals surface area contributed by atoms with Gasteiger partial charge in [0, 0.05) is 19.3 Å². The van der Waals surface area contributed by atoms with Crippen LogP contribution in [0.3, 0.4) is 0 Å². The van der Waals surface area contributed by atoms with Crippen LogP contribution in [0.15, 0.2) is 0 Å². The number of carbonyl (C=O) groups excluding carboxylic acids is 1. The molecule has 13 atom stereocenters. The molecule has 6 aliphatic rings. The van der Waals surface area contributed by atoms with E-state index in [1.54, 1.807) is 0 Å². The summed E-state index contributed by atoms with van der Waals surface area (Å²) in [6, 6.07) is 0. The summed E-state index contributed by atoms with van der Waals surface area (Å²) in [6.45, 7) is 12.1. The van der Waals surface area contributed by atoms with E-state index in [-0.39, 0.29) is 23.3 Å². The summed E-state index contributed by atoms with van der Waals surface area (Å²) in [7, 11) is 0. The van der Waals surface area contributed by atoms with Gasteiger partial charge in [-0.1, -0.05) is 27.7 Å². The third-order valence-electron chi connectivity index (χ3n) is 12.2. The Labute approximate surface area is 205 Å². The Morgan fingerprint density at radius 2 is 1.79 bits per heavy atom. The first kappa shape index (κ1) is 23.7. The molecular weight excluding hydrogens is 428 g/mol. The van der Waals surface area contributed by atoms with Crippen molar-refractivity contribution in [3.05, 3.63) is 0 Å². The maximum absolute atomic E-state index is 11.7. The molecule has 1 spiro atoms. The standard InChI is InChI=1S/C29H46O5/c1-16-8-11-29(32-15-16)17(2)26-24(34-29)13-22-20-7-6-19-12-23(31)25(33-18(3)30)14-28(19,5)21(20)9-10-27(22,26)4/h16-17,19-26,31H,6-15H2,1-5H3/t16-,17+,19+,20?,21?,22?,23-,24+,25-,26+,27+,28+,29-/m1/s1. The molecule has 0 amide bonds. The molecule has 6 fully saturated rings. The monoisotopic (exact) mass is 474 g/mol. The van der Waals surface area contributed by atoms with E-state index in [4.69, 9.17) is 14.2 Å². The van der Waals surface area contributed by atoms with E-state index in [9.17, 15) is 9.90 Å². The zero-order chi connectivity index (χ0) is 24.0. The van der Waals surface area contributed by atoms with Gasteiger partial charge in [-0.3, -0.25) is 4.79 Å². The summed E-state index contributed by atoms with van der Waals surface area (Å²) in [5.74, 6) is 3.72. The SMILES string of the molecule is CC(=O)O[C@@H]1C[C@]2(C)C3CC[C@@]4(C)C(C[C@@H]5O[C@]6(CC[C@@H](C)CO6)[C@@H](C)[C@@H]54)C3CC[C@H]2C[C@H]1O. The van der Waals surface area contributed by atoms with Crippen LogP contribution in [0.2, 0.25) is 0 Å². The van der Waals surface area contributed by atoms with Gasteiger partial charge in [0.1, 0.15) is 6.10 Å². The normalized spacial score (nSPS) is 58.5. The fourth-order valence-corrected chi connectivity index (χ4v) is 10.6. The van der Waals surface area contributed by atoms with Crippen LogP contribution < -0.4 is 0 Å². The predicted octanol–water partition coefficient (Wildman–Crippen LogP) is 5.34. The molecule has 5 heteroatoms. The van der Waals surface area contributed by atoms with E-state index in [1.165, 1.54) is 45.4 Å².